The lowest BCUT2D eigenvalue weighted by Gasteiger charge is -2.35. The maximum atomic E-state index is 12.7. The largest absolute Gasteiger partial charge is 0.329 e. The Morgan fingerprint density at radius 2 is 2.26 bits per heavy atom. The topological polar surface area (TPSA) is 89.2 Å². The highest BCUT2D eigenvalue weighted by atomic mass is 32.2. The number of nitrogens with zero attached hydrogens (tertiary/aromatic N) is 3. The van der Waals surface area contributed by atoms with E-state index in [0.29, 0.717) is 18.8 Å². The van der Waals surface area contributed by atoms with Crippen molar-refractivity contribution in [2.24, 2.45) is 5.73 Å². The van der Waals surface area contributed by atoms with E-state index in [0.717, 1.165) is 19.3 Å². The van der Waals surface area contributed by atoms with Crippen molar-refractivity contribution >= 4 is 10.0 Å². The lowest BCUT2D eigenvalue weighted by molar-refractivity contribution is 0.255. The lowest BCUT2D eigenvalue weighted by Crippen LogP contribution is -2.48. The monoisotopic (exact) mass is 284 g/mol. The van der Waals surface area contributed by atoms with Crippen LogP contribution in [0.3, 0.4) is 0 Å². The van der Waals surface area contributed by atoms with Gasteiger partial charge in [0, 0.05) is 37.7 Å². The van der Waals surface area contributed by atoms with Crippen molar-refractivity contribution in [2.75, 3.05) is 13.1 Å². The summed E-state index contributed by atoms with van der Waals surface area (Å²) in [6.45, 7) is 2.57. The van der Waals surface area contributed by atoms with Gasteiger partial charge in [0.15, 0.2) is 0 Å². The molecule has 1 aromatic heterocycles. The van der Waals surface area contributed by atoms with Gasteiger partial charge in [-0.05, 0) is 19.8 Å². The molecule has 0 bridgehead atoms. The van der Waals surface area contributed by atoms with Crippen LogP contribution in [0.5, 0.6) is 0 Å². The quantitative estimate of drug-likeness (QED) is 0.878. The highest BCUT2D eigenvalue weighted by molar-refractivity contribution is 7.89. The van der Waals surface area contributed by atoms with Crippen LogP contribution in [0.15, 0.2) is 18.6 Å². The first kappa shape index (κ1) is 14.4. The van der Waals surface area contributed by atoms with Crippen LogP contribution in [-0.4, -0.2) is 41.8 Å². The van der Waals surface area contributed by atoms with Gasteiger partial charge in [-0.25, -0.2) is 8.42 Å². The molecule has 0 unspecified atom stereocenters. The minimum absolute atomic E-state index is 0.0853. The number of nitrogens with two attached hydrogens (primary N) is 1. The zero-order valence-corrected chi connectivity index (χ0v) is 11.9. The number of sulfonamides is 1. The molecular weight excluding hydrogens is 264 g/mol. The maximum Gasteiger partial charge on any atom is 0.222 e. The standard InChI is InChI=1S/C12H20N4O2S/c1-10(12-9-14-5-6-15-12)19(17,18)16-7-3-2-4-11(16)8-13/h5-6,9-11H,2-4,7-8,13H2,1H3/t10-,11+/m1/s1. The molecule has 6 nitrogen and oxygen atoms in total. The summed E-state index contributed by atoms with van der Waals surface area (Å²) in [6, 6.07) is -0.0853. The van der Waals surface area contributed by atoms with Crippen molar-refractivity contribution in [1.29, 1.82) is 0 Å². The Bertz CT molecular complexity index is 506. The van der Waals surface area contributed by atoms with Crippen LogP contribution in [0.1, 0.15) is 37.1 Å². The molecule has 106 valence electrons. The van der Waals surface area contributed by atoms with E-state index in [9.17, 15) is 8.42 Å². The third kappa shape index (κ3) is 2.93. The van der Waals surface area contributed by atoms with E-state index < -0.39 is 15.3 Å². The van der Waals surface area contributed by atoms with E-state index >= 15 is 0 Å². The minimum atomic E-state index is -3.43. The molecule has 0 amide bonds. The molecule has 2 N–H and O–H groups in total. The van der Waals surface area contributed by atoms with E-state index in [4.69, 9.17) is 5.73 Å². The second-order valence-corrected chi connectivity index (χ2v) is 7.02. The van der Waals surface area contributed by atoms with Gasteiger partial charge in [0.05, 0.1) is 5.69 Å². The van der Waals surface area contributed by atoms with E-state index in [1.54, 1.807) is 11.2 Å². The average molecular weight is 284 g/mol. The second-order valence-electron chi connectivity index (χ2n) is 4.81. The Kier molecular flexibility index (Phi) is 4.49. The maximum absolute atomic E-state index is 12.7. The van der Waals surface area contributed by atoms with Crippen molar-refractivity contribution in [3.63, 3.8) is 0 Å². The SMILES string of the molecule is C[C@H](c1cnccn1)S(=O)(=O)N1CCCC[C@H]1CN. The summed E-state index contributed by atoms with van der Waals surface area (Å²) in [6.07, 6.45) is 7.31. The number of aromatic nitrogens is 2. The zero-order chi connectivity index (χ0) is 13.9. The molecule has 0 spiro atoms. The molecule has 0 aliphatic carbocycles. The summed E-state index contributed by atoms with van der Waals surface area (Å²) >= 11 is 0. The molecule has 2 rings (SSSR count). The molecule has 1 saturated heterocycles. The fraction of sp³-hybridized carbons (Fsp3) is 0.667. The van der Waals surface area contributed by atoms with Gasteiger partial charge in [0.1, 0.15) is 5.25 Å². The van der Waals surface area contributed by atoms with Gasteiger partial charge >= 0.3 is 0 Å². The van der Waals surface area contributed by atoms with Gasteiger partial charge in [-0.1, -0.05) is 6.42 Å². The Hall–Kier alpha value is -1.05. The summed E-state index contributed by atoms with van der Waals surface area (Å²) in [5.41, 5.74) is 6.17. The molecule has 2 atom stereocenters. The predicted molar refractivity (Wildman–Crippen MR) is 72.8 cm³/mol. The van der Waals surface area contributed by atoms with Crippen LogP contribution in [0, 0.1) is 0 Å². The van der Waals surface area contributed by atoms with Gasteiger partial charge in [-0.3, -0.25) is 9.97 Å². The van der Waals surface area contributed by atoms with Gasteiger partial charge in [-0.2, -0.15) is 4.31 Å². The van der Waals surface area contributed by atoms with Gasteiger partial charge in [0.2, 0.25) is 10.0 Å². The predicted octanol–water partition coefficient (Wildman–Crippen LogP) is 0.681. The summed E-state index contributed by atoms with van der Waals surface area (Å²) in [5, 5.41) is -0.687. The van der Waals surface area contributed by atoms with Crippen molar-refractivity contribution in [1.82, 2.24) is 14.3 Å². The molecule has 19 heavy (non-hydrogen) atoms. The molecule has 1 aliphatic heterocycles. The van der Waals surface area contributed by atoms with Crippen LogP contribution in [0.2, 0.25) is 0 Å². The molecular formula is C12H20N4O2S. The Morgan fingerprint density at radius 3 is 2.89 bits per heavy atom. The van der Waals surface area contributed by atoms with Crippen LogP contribution in [-0.2, 0) is 10.0 Å². The highest BCUT2D eigenvalue weighted by Crippen LogP contribution is 2.28. The van der Waals surface area contributed by atoms with Crippen LogP contribution >= 0.6 is 0 Å². The highest BCUT2D eigenvalue weighted by Gasteiger charge is 2.36. The zero-order valence-electron chi connectivity index (χ0n) is 11.1. The first-order chi connectivity index (χ1) is 9.07. The third-order valence-corrected chi connectivity index (χ3v) is 5.89. The van der Waals surface area contributed by atoms with E-state index in [1.165, 1.54) is 18.6 Å². The number of hydrogen-bond donors (Lipinski definition) is 1. The van der Waals surface area contributed by atoms with E-state index in [2.05, 4.69) is 9.97 Å². The van der Waals surface area contributed by atoms with Crippen molar-refractivity contribution in [2.45, 2.75) is 37.5 Å². The van der Waals surface area contributed by atoms with Gasteiger partial charge < -0.3 is 5.73 Å². The molecule has 1 aliphatic rings. The van der Waals surface area contributed by atoms with Crippen LogP contribution in [0.4, 0.5) is 0 Å². The average Bonchev–Trinajstić information content (AvgIpc) is 2.47. The van der Waals surface area contributed by atoms with E-state index in [-0.39, 0.29) is 6.04 Å². The fourth-order valence-electron chi connectivity index (χ4n) is 2.42. The van der Waals surface area contributed by atoms with E-state index in [1.807, 2.05) is 0 Å². The second kappa shape index (κ2) is 5.94. The van der Waals surface area contributed by atoms with Crippen molar-refractivity contribution in [3.8, 4) is 0 Å². The molecule has 1 fully saturated rings. The molecule has 0 aromatic carbocycles. The third-order valence-electron chi connectivity index (χ3n) is 3.62. The van der Waals surface area contributed by atoms with Crippen molar-refractivity contribution < 1.29 is 8.42 Å². The summed E-state index contributed by atoms with van der Waals surface area (Å²) < 4.78 is 26.9. The molecule has 1 aromatic rings. The Labute approximate surface area is 114 Å². The molecule has 2 heterocycles. The number of hydrogen-bond acceptors (Lipinski definition) is 5. The fourth-order valence-corrected chi connectivity index (χ4v) is 4.24. The smallest absolute Gasteiger partial charge is 0.222 e. The Balaban J connectivity index is 2.26. The van der Waals surface area contributed by atoms with Gasteiger partial charge in [-0.15, -0.1) is 0 Å². The lowest BCUT2D eigenvalue weighted by atomic mass is 10.1. The van der Waals surface area contributed by atoms with Crippen LogP contribution in [0.25, 0.3) is 0 Å². The molecule has 0 radical (unpaired) electrons. The molecule has 0 saturated carbocycles. The summed E-state index contributed by atoms with van der Waals surface area (Å²) in [5.74, 6) is 0. The number of piperidine rings is 1. The molecule has 7 heteroatoms. The summed E-state index contributed by atoms with van der Waals surface area (Å²) in [7, 11) is -3.43. The number of rotatable bonds is 4. The summed E-state index contributed by atoms with van der Waals surface area (Å²) in [4.78, 5) is 8.02. The van der Waals surface area contributed by atoms with Crippen molar-refractivity contribution in [3.05, 3.63) is 24.3 Å². The Morgan fingerprint density at radius 1 is 1.47 bits per heavy atom. The van der Waals surface area contributed by atoms with Crippen LogP contribution < -0.4 is 5.73 Å². The van der Waals surface area contributed by atoms with Gasteiger partial charge in [0.25, 0.3) is 0 Å². The first-order valence-corrected chi connectivity index (χ1v) is 8.04. The normalized spacial score (nSPS) is 23.2. The minimum Gasteiger partial charge on any atom is -0.329 e. The first-order valence-electron chi connectivity index (χ1n) is 6.54.